The number of hydrogen-bond acceptors (Lipinski definition) is 3. The van der Waals surface area contributed by atoms with Gasteiger partial charge in [0.1, 0.15) is 5.69 Å². The lowest BCUT2D eigenvalue weighted by Crippen LogP contribution is -2.20. The van der Waals surface area contributed by atoms with Crippen molar-refractivity contribution in [1.29, 1.82) is 0 Å². The van der Waals surface area contributed by atoms with Gasteiger partial charge >= 0.3 is 0 Å². The molecule has 0 fully saturated rings. The van der Waals surface area contributed by atoms with Crippen LogP contribution in [-0.4, -0.2) is 16.6 Å². The van der Waals surface area contributed by atoms with Gasteiger partial charge in [-0.3, -0.25) is 9.78 Å². The molecule has 0 unspecified atom stereocenters. The normalized spacial score (nSPS) is 11.6. The van der Waals surface area contributed by atoms with Crippen molar-refractivity contribution < 1.29 is 4.79 Å². The molecule has 17 heavy (non-hydrogen) atoms. The van der Waals surface area contributed by atoms with Crippen molar-refractivity contribution in [3.63, 3.8) is 0 Å². The number of hydrazone groups is 1. The molecule has 92 valence electrons. The zero-order chi connectivity index (χ0) is 12.7. The summed E-state index contributed by atoms with van der Waals surface area (Å²) in [6.07, 6.45) is 3.57. The molecule has 1 amide bonds. The molecule has 1 aromatic heterocycles. The van der Waals surface area contributed by atoms with Gasteiger partial charge in [0.15, 0.2) is 0 Å². The topological polar surface area (TPSA) is 54.4 Å². The molecular formula is C13H19N3O. The van der Waals surface area contributed by atoms with Crippen molar-refractivity contribution in [1.82, 2.24) is 10.4 Å². The fourth-order valence-corrected chi connectivity index (χ4v) is 1.25. The first-order valence-corrected chi connectivity index (χ1v) is 5.84. The van der Waals surface area contributed by atoms with Gasteiger partial charge in [-0.25, -0.2) is 5.43 Å². The van der Waals surface area contributed by atoms with E-state index in [0.29, 0.717) is 11.6 Å². The Balaban J connectivity index is 2.44. The van der Waals surface area contributed by atoms with E-state index in [9.17, 15) is 4.79 Å². The standard InChI is InChI=1S/C13H19N3O/c1-10(2)7-8-11(3)15-16-13(17)12-6-4-5-9-14-12/h4-6,9-10H,7-8H2,1-3H3,(H,16,17)/b15-11-. The third-order valence-corrected chi connectivity index (χ3v) is 2.33. The zero-order valence-electron chi connectivity index (χ0n) is 10.6. The lowest BCUT2D eigenvalue weighted by Gasteiger charge is -2.04. The van der Waals surface area contributed by atoms with E-state index < -0.39 is 0 Å². The smallest absolute Gasteiger partial charge is 0.266 e. The number of amides is 1. The van der Waals surface area contributed by atoms with E-state index in [1.54, 1.807) is 24.4 Å². The Morgan fingerprint density at radius 1 is 1.47 bits per heavy atom. The third-order valence-electron chi connectivity index (χ3n) is 2.33. The lowest BCUT2D eigenvalue weighted by molar-refractivity contribution is 0.0949. The first-order valence-electron chi connectivity index (χ1n) is 5.84. The Bertz CT molecular complexity index is 385. The summed E-state index contributed by atoms with van der Waals surface area (Å²) in [5.41, 5.74) is 3.82. The number of rotatable bonds is 5. The summed E-state index contributed by atoms with van der Waals surface area (Å²) < 4.78 is 0. The molecule has 0 aliphatic heterocycles. The monoisotopic (exact) mass is 233 g/mol. The van der Waals surface area contributed by atoms with E-state index in [4.69, 9.17) is 0 Å². The van der Waals surface area contributed by atoms with Crippen LogP contribution in [-0.2, 0) is 0 Å². The molecule has 0 saturated heterocycles. The van der Waals surface area contributed by atoms with E-state index in [0.717, 1.165) is 18.6 Å². The molecule has 0 saturated carbocycles. The maximum atomic E-state index is 11.6. The first-order chi connectivity index (χ1) is 8.09. The number of aromatic nitrogens is 1. The average molecular weight is 233 g/mol. The number of carbonyl (C=O) groups is 1. The Kier molecular flexibility index (Phi) is 5.33. The fraction of sp³-hybridized carbons (Fsp3) is 0.462. The summed E-state index contributed by atoms with van der Waals surface area (Å²) >= 11 is 0. The van der Waals surface area contributed by atoms with Crippen LogP contribution in [0.4, 0.5) is 0 Å². The van der Waals surface area contributed by atoms with Crippen LogP contribution in [0.3, 0.4) is 0 Å². The SMILES string of the molecule is C/C(CCC(C)C)=N/NC(=O)c1ccccn1. The van der Waals surface area contributed by atoms with Crippen molar-refractivity contribution in [3.05, 3.63) is 30.1 Å². The number of nitrogens with one attached hydrogen (secondary N) is 1. The highest BCUT2D eigenvalue weighted by atomic mass is 16.2. The molecule has 0 radical (unpaired) electrons. The van der Waals surface area contributed by atoms with Crippen LogP contribution in [0, 0.1) is 5.92 Å². The Morgan fingerprint density at radius 2 is 2.24 bits per heavy atom. The summed E-state index contributed by atoms with van der Waals surface area (Å²) in [5, 5.41) is 4.05. The van der Waals surface area contributed by atoms with Gasteiger partial charge in [-0.15, -0.1) is 0 Å². The second-order valence-electron chi connectivity index (χ2n) is 4.44. The molecule has 0 spiro atoms. The predicted octanol–water partition coefficient (Wildman–Crippen LogP) is 2.62. The molecule has 1 aromatic rings. The largest absolute Gasteiger partial charge is 0.289 e. The summed E-state index contributed by atoms with van der Waals surface area (Å²) in [4.78, 5) is 15.6. The van der Waals surface area contributed by atoms with Gasteiger partial charge in [-0.2, -0.15) is 5.10 Å². The van der Waals surface area contributed by atoms with Crippen molar-refractivity contribution in [2.24, 2.45) is 11.0 Å². The molecule has 0 aliphatic carbocycles. The Labute approximate surface area is 102 Å². The highest BCUT2D eigenvalue weighted by molar-refractivity contribution is 5.93. The second kappa shape index (κ2) is 6.78. The second-order valence-corrected chi connectivity index (χ2v) is 4.44. The predicted molar refractivity (Wildman–Crippen MR) is 68.9 cm³/mol. The summed E-state index contributed by atoms with van der Waals surface area (Å²) in [5.74, 6) is 0.376. The van der Waals surface area contributed by atoms with Gasteiger partial charge in [0.25, 0.3) is 5.91 Å². The number of carbonyl (C=O) groups excluding carboxylic acids is 1. The highest BCUT2D eigenvalue weighted by Gasteiger charge is 2.04. The fourth-order valence-electron chi connectivity index (χ4n) is 1.25. The zero-order valence-corrected chi connectivity index (χ0v) is 10.6. The third kappa shape index (κ3) is 5.24. The molecule has 0 bridgehead atoms. The summed E-state index contributed by atoms with van der Waals surface area (Å²) in [6, 6.07) is 5.21. The van der Waals surface area contributed by atoms with Gasteiger partial charge < -0.3 is 0 Å². The van der Waals surface area contributed by atoms with Gasteiger partial charge in [-0.1, -0.05) is 19.9 Å². The van der Waals surface area contributed by atoms with E-state index in [-0.39, 0.29) is 5.91 Å². The number of nitrogens with zero attached hydrogens (tertiary/aromatic N) is 2. The minimum atomic E-state index is -0.269. The molecule has 0 aromatic carbocycles. The molecule has 1 heterocycles. The van der Waals surface area contributed by atoms with Gasteiger partial charge in [0.05, 0.1) is 0 Å². The number of pyridine rings is 1. The van der Waals surface area contributed by atoms with Crippen LogP contribution in [0.1, 0.15) is 44.1 Å². The van der Waals surface area contributed by atoms with E-state index in [1.165, 1.54) is 0 Å². The lowest BCUT2D eigenvalue weighted by atomic mass is 10.1. The summed E-state index contributed by atoms with van der Waals surface area (Å²) in [6.45, 7) is 6.25. The summed E-state index contributed by atoms with van der Waals surface area (Å²) in [7, 11) is 0. The molecular weight excluding hydrogens is 214 g/mol. The van der Waals surface area contributed by atoms with Gasteiger partial charge in [-0.05, 0) is 37.8 Å². The molecule has 4 nitrogen and oxygen atoms in total. The van der Waals surface area contributed by atoms with Crippen LogP contribution in [0.15, 0.2) is 29.5 Å². The quantitative estimate of drug-likeness (QED) is 0.628. The molecule has 4 heteroatoms. The van der Waals surface area contributed by atoms with E-state index in [2.05, 4.69) is 29.4 Å². The van der Waals surface area contributed by atoms with E-state index in [1.807, 2.05) is 6.92 Å². The Hall–Kier alpha value is -1.71. The van der Waals surface area contributed by atoms with Gasteiger partial charge in [0, 0.05) is 11.9 Å². The molecule has 1 N–H and O–H groups in total. The van der Waals surface area contributed by atoms with Crippen molar-refractivity contribution in [3.8, 4) is 0 Å². The number of hydrogen-bond donors (Lipinski definition) is 1. The molecule has 0 aliphatic rings. The molecule has 0 atom stereocenters. The van der Waals surface area contributed by atoms with E-state index >= 15 is 0 Å². The van der Waals surface area contributed by atoms with Crippen LogP contribution in [0.25, 0.3) is 0 Å². The van der Waals surface area contributed by atoms with Crippen LogP contribution < -0.4 is 5.43 Å². The first kappa shape index (κ1) is 13.4. The average Bonchev–Trinajstić information content (AvgIpc) is 2.34. The highest BCUT2D eigenvalue weighted by Crippen LogP contribution is 2.04. The van der Waals surface area contributed by atoms with Crippen LogP contribution in [0.2, 0.25) is 0 Å². The van der Waals surface area contributed by atoms with Crippen LogP contribution >= 0.6 is 0 Å². The minimum Gasteiger partial charge on any atom is -0.266 e. The van der Waals surface area contributed by atoms with Crippen molar-refractivity contribution in [2.75, 3.05) is 0 Å². The Morgan fingerprint density at radius 3 is 2.82 bits per heavy atom. The minimum absolute atomic E-state index is 0.269. The maximum absolute atomic E-state index is 11.6. The van der Waals surface area contributed by atoms with Crippen molar-refractivity contribution in [2.45, 2.75) is 33.6 Å². The molecule has 1 rings (SSSR count). The maximum Gasteiger partial charge on any atom is 0.289 e. The van der Waals surface area contributed by atoms with Crippen molar-refractivity contribution >= 4 is 11.6 Å². The van der Waals surface area contributed by atoms with Gasteiger partial charge in [0.2, 0.25) is 0 Å². The van der Waals surface area contributed by atoms with Crippen LogP contribution in [0.5, 0.6) is 0 Å².